The summed E-state index contributed by atoms with van der Waals surface area (Å²) >= 11 is 1.39. The zero-order valence-electron chi connectivity index (χ0n) is 11.5. The monoisotopic (exact) mass is 312 g/mol. The molecule has 1 heterocycles. The SMILES string of the molecule is CCNC(=O)c1cc2cc(N(C)S(C)(=O)=O)ccc2s1. The summed E-state index contributed by atoms with van der Waals surface area (Å²) in [6.45, 7) is 2.44. The van der Waals surface area contributed by atoms with Crippen LogP contribution < -0.4 is 9.62 Å². The predicted octanol–water partition coefficient (Wildman–Crippen LogP) is 2.05. The number of anilines is 1. The molecule has 1 amide bonds. The Balaban J connectivity index is 2.42. The van der Waals surface area contributed by atoms with E-state index < -0.39 is 10.0 Å². The molecule has 0 spiro atoms. The molecular weight excluding hydrogens is 296 g/mol. The van der Waals surface area contributed by atoms with Gasteiger partial charge in [0.05, 0.1) is 16.8 Å². The van der Waals surface area contributed by atoms with Crippen molar-refractivity contribution in [3.05, 3.63) is 29.1 Å². The van der Waals surface area contributed by atoms with Gasteiger partial charge in [-0.2, -0.15) is 0 Å². The molecule has 5 nitrogen and oxygen atoms in total. The molecule has 0 bridgehead atoms. The highest BCUT2D eigenvalue weighted by Crippen LogP contribution is 2.29. The minimum absolute atomic E-state index is 0.105. The van der Waals surface area contributed by atoms with Gasteiger partial charge in [-0.25, -0.2) is 8.42 Å². The van der Waals surface area contributed by atoms with Crippen LogP contribution in [0.4, 0.5) is 5.69 Å². The van der Waals surface area contributed by atoms with Gasteiger partial charge in [-0.3, -0.25) is 9.10 Å². The van der Waals surface area contributed by atoms with Crippen molar-refractivity contribution in [3.63, 3.8) is 0 Å². The highest BCUT2D eigenvalue weighted by molar-refractivity contribution is 7.92. The van der Waals surface area contributed by atoms with Crippen molar-refractivity contribution < 1.29 is 13.2 Å². The summed E-state index contributed by atoms with van der Waals surface area (Å²) in [6.07, 6.45) is 1.16. The van der Waals surface area contributed by atoms with Crippen molar-refractivity contribution >= 4 is 43.0 Å². The summed E-state index contributed by atoms with van der Waals surface area (Å²) in [5.41, 5.74) is 0.584. The Morgan fingerprint density at radius 3 is 2.65 bits per heavy atom. The number of benzene rings is 1. The fraction of sp³-hybridized carbons (Fsp3) is 0.308. The lowest BCUT2D eigenvalue weighted by atomic mass is 10.2. The van der Waals surface area contributed by atoms with Gasteiger partial charge in [0.15, 0.2) is 0 Å². The Kier molecular flexibility index (Phi) is 4.01. The van der Waals surface area contributed by atoms with Crippen LogP contribution in [-0.4, -0.2) is 34.2 Å². The van der Waals surface area contributed by atoms with Crippen LogP contribution in [0, 0.1) is 0 Å². The van der Waals surface area contributed by atoms with Crippen LogP contribution in [-0.2, 0) is 10.0 Å². The van der Waals surface area contributed by atoms with Crippen LogP contribution in [0.15, 0.2) is 24.3 Å². The van der Waals surface area contributed by atoms with Crippen molar-refractivity contribution in [2.24, 2.45) is 0 Å². The molecule has 2 aromatic rings. The Morgan fingerprint density at radius 1 is 1.35 bits per heavy atom. The first kappa shape index (κ1) is 14.8. The van der Waals surface area contributed by atoms with Crippen molar-refractivity contribution in [3.8, 4) is 0 Å². The molecule has 0 saturated carbocycles. The maximum absolute atomic E-state index is 11.8. The zero-order valence-corrected chi connectivity index (χ0v) is 13.1. The fourth-order valence-electron chi connectivity index (χ4n) is 1.78. The maximum atomic E-state index is 11.8. The molecule has 108 valence electrons. The molecule has 0 fully saturated rings. The van der Waals surface area contributed by atoms with Crippen molar-refractivity contribution in [2.75, 3.05) is 24.2 Å². The number of thiophene rings is 1. The van der Waals surface area contributed by atoms with E-state index >= 15 is 0 Å². The number of sulfonamides is 1. The van der Waals surface area contributed by atoms with Gasteiger partial charge in [0.25, 0.3) is 5.91 Å². The first-order chi connectivity index (χ1) is 9.32. The normalized spacial score (nSPS) is 11.6. The minimum atomic E-state index is -3.29. The van der Waals surface area contributed by atoms with Crippen molar-refractivity contribution in [1.82, 2.24) is 5.32 Å². The smallest absolute Gasteiger partial charge is 0.261 e. The fourth-order valence-corrected chi connectivity index (χ4v) is 3.23. The lowest BCUT2D eigenvalue weighted by Crippen LogP contribution is -2.24. The molecule has 0 aliphatic carbocycles. The highest BCUT2D eigenvalue weighted by atomic mass is 32.2. The van der Waals surface area contributed by atoms with Crippen LogP contribution in [0.2, 0.25) is 0 Å². The quantitative estimate of drug-likeness (QED) is 0.939. The number of amides is 1. The molecule has 1 aromatic heterocycles. The maximum Gasteiger partial charge on any atom is 0.261 e. The van der Waals surface area contributed by atoms with E-state index in [1.54, 1.807) is 18.2 Å². The Morgan fingerprint density at radius 2 is 2.05 bits per heavy atom. The molecular formula is C13H16N2O3S2. The van der Waals surface area contributed by atoms with E-state index in [4.69, 9.17) is 0 Å². The summed E-state index contributed by atoms with van der Waals surface area (Å²) in [4.78, 5) is 12.4. The van der Waals surface area contributed by atoms with Gasteiger partial charge in [0.2, 0.25) is 10.0 Å². The van der Waals surface area contributed by atoms with Gasteiger partial charge in [0.1, 0.15) is 0 Å². The van der Waals surface area contributed by atoms with Crippen molar-refractivity contribution in [1.29, 1.82) is 0 Å². The van der Waals surface area contributed by atoms with E-state index in [0.717, 1.165) is 16.3 Å². The molecule has 0 aliphatic rings. The second-order valence-corrected chi connectivity index (χ2v) is 7.52. The highest BCUT2D eigenvalue weighted by Gasteiger charge is 2.14. The van der Waals surface area contributed by atoms with E-state index in [2.05, 4.69) is 5.32 Å². The van der Waals surface area contributed by atoms with Gasteiger partial charge in [-0.05, 0) is 36.6 Å². The second-order valence-electron chi connectivity index (χ2n) is 4.42. The molecule has 7 heteroatoms. The number of rotatable bonds is 4. The summed E-state index contributed by atoms with van der Waals surface area (Å²) in [5, 5.41) is 3.61. The number of nitrogens with zero attached hydrogens (tertiary/aromatic N) is 1. The summed E-state index contributed by atoms with van der Waals surface area (Å²) in [6, 6.07) is 7.13. The second kappa shape index (κ2) is 5.41. The predicted molar refractivity (Wildman–Crippen MR) is 83.1 cm³/mol. The van der Waals surface area contributed by atoms with Gasteiger partial charge in [-0.1, -0.05) is 0 Å². The largest absolute Gasteiger partial charge is 0.352 e. The first-order valence-corrected chi connectivity index (χ1v) is 8.75. The molecule has 0 saturated heterocycles. The summed E-state index contributed by atoms with van der Waals surface area (Å²) in [7, 11) is -1.78. The van der Waals surface area contributed by atoms with Crippen molar-refractivity contribution in [2.45, 2.75) is 6.92 Å². The molecule has 1 aromatic carbocycles. The van der Waals surface area contributed by atoms with Crippen LogP contribution in [0.5, 0.6) is 0 Å². The third kappa shape index (κ3) is 2.94. The molecule has 2 rings (SSSR count). The molecule has 0 unspecified atom stereocenters. The number of carbonyl (C=O) groups is 1. The lowest BCUT2D eigenvalue weighted by Gasteiger charge is -2.16. The van der Waals surface area contributed by atoms with E-state index in [1.807, 2.05) is 13.0 Å². The van der Waals surface area contributed by atoms with E-state index in [0.29, 0.717) is 17.1 Å². The Hall–Kier alpha value is -1.60. The third-order valence-corrected chi connectivity index (χ3v) is 5.24. The third-order valence-electron chi connectivity index (χ3n) is 2.92. The van der Waals surface area contributed by atoms with Gasteiger partial charge in [-0.15, -0.1) is 11.3 Å². The molecule has 0 radical (unpaired) electrons. The number of fused-ring (bicyclic) bond motifs is 1. The number of hydrogen-bond donors (Lipinski definition) is 1. The Labute approximate surface area is 122 Å². The molecule has 1 N–H and O–H groups in total. The van der Waals surface area contributed by atoms with E-state index in [9.17, 15) is 13.2 Å². The zero-order chi connectivity index (χ0) is 14.9. The van der Waals surface area contributed by atoms with Gasteiger partial charge in [0, 0.05) is 18.3 Å². The number of nitrogens with one attached hydrogen (secondary N) is 1. The van der Waals surface area contributed by atoms with Gasteiger partial charge >= 0.3 is 0 Å². The van der Waals surface area contributed by atoms with Crippen LogP contribution in [0.25, 0.3) is 10.1 Å². The summed E-state index contributed by atoms with van der Waals surface area (Å²) < 4.78 is 25.2. The molecule has 0 atom stereocenters. The minimum Gasteiger partial charge on any atom is -0.352 e. The number of carbonyl (C=O) groups excluding carboxylic acids is 1. The van der Waals surface area contributed by atoms with Gasteiger partial charge < -0.3 is 5.32 Å². The van der Waals surface area contributed by atoms with E-state index in [1.165, 1.54) is 22.7 Å². The van der Waals surface area contributed by atoms with Crippen LogP contribution in [0.1, 0.15) is 16.6 Å². The average Bonchev–Trinajstić information content (AvgIpc) is 2.79. The Bertz CT molecular complexity index is 750. The topological polar surface area (TPSA) is 66.5 Å². The molecule has 20 heavy (non-hydrogen) atoms. The standard InChI is InChI=1S/C13H16N2O3S2/c1-4-14-13(16)12-8-9-7-10(5-6-11(9)19-12)15(2)20(3,17)18/h5-8H,4H2,1-3H3,(H,14,16). The van der Waals surface area contributed by atoms with Crippen LogP contribution in [0.3, 0.4) is 0 Å². The summed E-state index contributed by atoms with van der Waals surface area (Å²) in [5.74, 6) is -0.105. The number of hydrogen-bond acceptors (Lipinski definition) is 4. The van der Waals surface area contributed by atoms with E-state index in [-0.39, 0.29) is 5.91 Å². The molecule has 0 aliphatic heterocycles. The van der Waals surface area contributed by atoms with Crippen LogP contribution >= 0.6 is 11.3 Å². The average molecular weight is 312 g/mol. The lowest BCUT2D eigenvalue weighted by molar-refractivity contribution is 0.0960. The first-order valence-electron chi connectivity index (χ1n) is 6.08.